The van der Waals surface area contributed by atoms with Crippen LogP contribution in [0.2, 0.25) is 0 Å². The van der Waals surface area contributed by atoms with Crippen molar-refractivity contribution in [3.8, 4) is 18.0 Å². The van der Waals surface area contributed by atoms with Crippen molar-refractivity contribution in [1.82, 2.24) is 10.3 Å². The number of nitrogen functional groups attached to an aromatic ring is 2. The van der Waals surface area contributed by atoms with Crippen LogP contribution in [0.1, 0.15) is 42.5 Å². The van der Waals surface area contributed by atoms with Crippen molar-refractivity contribution in [3.05, 3.63) is 41.0 Å². The minimum Gasteiger partial charge on any atom is -0.494 e. The predicted molar refractivity (Wildman–Crippen MR) is 106 cm³/mol. The number of nitrogens with one attached hydrogen (secondary N) is 2. The summed E-state index contributed by atoms with van der Waals surface area (Å²) in [5.74, 6) is 1.35. The lowest BCUT2D eigenvalue weighted by Gasteiger charge is -2.26. The summed E-state index contributed by atoms with van der Waals surface area (Å²) in [5, 5.41) is 23.7. The van der Waals surface area contributed by atoms with Crippen LogP contribution in [0.15, 0.2) is 29.3 Å². The third-order valence-corrected chi connectivity index (χ3v) is 4.32. The molecule has 1 aromatic heterocycles. The molecule has 2 heterocycles. The van der Waals surface area contributed by atoms with Crippen LogP contribution >= 0.6 is 0 Å². The van der Waals surface area contributed by atoms with Crippen LogP contribution < -0.4 is 26.8 Å². The number of benzene rings is 1. The molecule has 0 radical (unpaired) electrons. The summed E-state index contributed by atoms with van der Waals surface area (Å²) in [6.07, 6.45) is 3.87. The molecule has 1 unspecified atom stereocenters. The third kappa shape index (κ3) is 3.60. The second-order valence-corrected chi connectivity index (χ2v) is 6.17. The predicted octanol–water partition coefficient (Wildman–Crippen LogP) is 2.24. The fourth-order valence-electron chi connectivity index (χ4n) is 2.90. The zero-order valence-corrected chi connectivity index (χ0v) is 15.4. The zero-order valence-electron chi connectivity index (χ0n) is 15.4. The Balaban J connectivity index is 2.02. The van der Waals surface area contributed by atoms with E-state index in [0.717, 1.165) is 24.2 Å². The molecule has 0 saturated heterocycles. The lowest BCUT2D eigenvalue weighted by atomic mass is 9.95. The molecule has 0 saturated carbocycles. The van der Waals surface area contributed by atoms with Crippen LogP contribution in [-0.4, -0.2) is 17.6 Å². The highest BCUT2D eigenvalue weighted by atomic mass is 16.5. The molecule has 1 aromatic carbocycles. The molecular weight excluding hydrogens is 356 g/mol. The number of ether oxygens (including phenoxy) is 1. The van der Waals surface area contributed by atoms with Gasteiger partial charge in [0.1, 0.15) is 35.1 Å². The molecule has 6 N–H and O–H groups in total. The summed E-state index contributed by atoms with van der Waals surface area (Å²) in [4.78, 5) is 8.75. The SMILES string of the molecule is CCCCOc1ccc(C2N=C(NC#N)Nc3nc(N)c(C#N)c(N)c32)cc1. The van der Waals surface area contributed by atoms with Gasteiger partial charge in [0.25, 0.3) is 0 Å². The van der Waals surface area contributed by atoms with Crippen LogP contribution in [0.25, 0.3) is 0 Å². The number of nitriles is 2. The Morgan fingerprint density at radius 1 is 1.25 bits per heavy atom. The first-order valence-electron chi connectivity index (χ1n) is 8.80. The Bertz CT molecular complexity index is 985. The summed E-state index contributed by atoms with van der Waals surface area (Å²) in [6, 6.07) is 8.87. The van der Waals surface area contributed by atoms with Gasteiger partial charge in [-0.05, 0) is 24.1 Å². The van der Waals surface area contributed by atoms with E-state index < -0.39 is 6.04 Å². The maximum atomic E-state index is 9.35. The van der Waals surface area contributed by atoms with Crippen molar-refractivity contribution in [2.45, 2.75) is 25.8 Å². The number of rotatable bonds is 5. The van der Waals surface area contributed by atoms with E-state index in [2.05, 4.69) is 27.5 Å². The lowest BCUT2D eigenvalue weighted by Crippen LogP contribution is -2.32. The number of fused-ring (bicyclic) bond motifs is 1. The van der Waals surface area contributed by atoms with Crippen LogP contribution in [0.4, 0.5) is 17.3 Å². The largest absolute Gasteiger partial charge is 0.494 e. The molecule has 0 fully saturated rings. The number of unbranched alkanes of at least 4 members (excludes halogenated alkanes) is 1. The highest BCUT2D eigenvalue weighted by Gasteiger charge is 2.29. The lowest BCUT2D eigenvalue weighted by molar-refractivity contribution is 0.309. The number of nitrogens with two attached hydrogens (primary N) is 2. The first-order chi connectivity index (χ1) is 13.6. The van der Waals surface area contributed by atoms with Gasteiger partial charge in [0, 0.05) is 5.56 Å². The highest BCUT2D eigenvalue weighted by molar-refractivity contribution is 5.98. The van der Waals surface area contributed by atoms with Gasteiger partial charge in [-0.3, -0.25) is 5.32 Å². The number of hydrogen-bond acceptors (Lipinski definition) is 9. The maximum Gasteiger partial charge on any atom is 0.211 e. The molecule has 28 heavy (non-hydrogen) atoms. The van der Waals surface area contributed by atoms with Gasteiger partial charge in [-0.1, -0.05) is 25.5 Å². The molecule has 0 amide bonds. The minimum atomic E-state index is -0.558. The van der Waals surface area contributed by atoms with E-state index in [4.69, 9.17) is 21.5 Å². The first kappa shape index (κ1) is 18.8. The Morgan fingerprint density at radius 2 is 2.00 bits per heavy atom. The van der Waals surface area contributed by atoms with E-state index in [0.29, 0.717) is 18.0 Å². The highest BCUT2D eigenvalue weighted by Crippen LogP contribution is 2.40. The van der Waals surface area contributed by atoms with Crippen molar-refractivity contribution in [2.24, 2.45) is 4.99 Å². The van der Waals surface area contributed by atoms with Gasteiger partial charge in [-0.2, -0.15) is 10.5 Å². The molecular formula is C19H20N8O. The van der Waals surface area contributed by atoms with Gasteiger partial charge in [0.05, 0.1) is 12.3 Å². The molecule has 9 nitrogen and oxygen atoms in total. The van der Waals surface area contributed by atoms with E-state index in [-0.39, 0.29) is 23.0 Å². The fraction of sp³-hybridized carbons (Fsp3) is 0.263. The molecule has 0 bridgehead atoms. The van der Waals surface area contributed by atoms with Gasteiger partial charge in [-0.25, -0.2) is 9.98 Å². The van der Waals surface area contributed by atoms with Crippen molar-refractivity contribution < 1.29 is 4.74 Å². The van der Waals surface area contributed by atoms with Crippen molar-refractivity contribution >= 4 is 23.3 Å². The molecule has 3 rings (SSSR count). The van der Waals surface area contributed by atoms with E-state index in [1.807, 2.05) is 36.5 Å². The number of aromatic nitrogens is 1. The Morgan fingerprint density at radius 3 is 2.64 bits per heavy atom. The quantitative estimate of drug-likeness (QED) is 0.351. The Labute approximate surface area is 162 Å². The normalized spacial score (nSPS) is 14.7. The molecule has 9 heteroatoms. The summed E-state index contributed by atoms with van der Waals surface area (Å²) in [5.41, 5.74) is 13.7. The first-order valence-corrected chi connectivity index (χ1v) is 8.80. The van der Waals surface area contributed by atoms with E-state index in [1.165, 1.54) is 0 Å². The topological polar surface area (TPSA) is 158 Å². The Hall–Kier alpha value is -3.98. The summed E-state index contributed by atoms with van der Waals surface area (Å²) < 4.78 is 5.69. The van der Waals surface area contributed by atoms with Crippen LogP contribution in [-0.2, 0) is 0 Å². The maximum absolute atomic E-state index is 9.35. The van der Waals surface area contributed by atoms with Gasteiger partial charge >= 0.3 is 0 Å². The number of hydrogen-bond donors (Lipinski definition) is 4. The zero-order chi connectivity index (χ0) is 20.1. The number of anilines is 3. The summed E-state index contributed by atoms with van der Waals surface area (Å²) in [7, 11) is 0. The van der Waals surface area contributed by atoms with E-state index >= 15 is 0 Å². The molecule has 142 valence electrons. The van der Waals surface area contributed by atoms with Gasteiger partial charge in [0.15, 0.2) is 6.19 Å². The molecule has 0 spiro atoms. The van der Waals surface area contributed by atoms with Gasteiger partial charge in [0.2, 0.25) is 5.96 Å². The number of nitrogens with zero attached hydrogens (tertiary/aromatic N) is 4. The van der Waals surface area contributed by atoms with Gasteiger partial charge < -0.3 is 21.5 Å². The van der Waals surface area contributed by atoms with Gasteiger partial charge in [-0.15, -0.1) is 0 Å². The standard InChI is InChI=1S/C19H20N8O/c1-2-3-8-28-12-6-4-11(5-7-12)16-14-15(22)13(9-20)17(23)26-18(14)27-19(25-16)24-10-21/h4-7,16H,2-3,8H2,1H3,(H6,22,23,24,25,26,27). The fourth-order valence-corrected chi connectivity index (χ4v) is 2.90. The van der Waals surface area contributed by atoms with Crippen LogP contribution in [0.5, 0.6) is 5.75 Å². The van der Waals surface area contributed by atoms with E-state index in [1.54, 1.807) is 0 Å². The van der Waals surface area contributed by atoms with Crippen LogP contribution in [0.3, 0.4) is 0 Å². The van der Waals surface area contributed by atoms with Crippen LogP contribution in [0, 0.1) is 22.8 Å². The van der Waals surface area contributed by atoms with Crippen molar-refractivity contribution in [2.75, 3.05) is 23.4 Å². The molecule has 0 aliphatic carbocycles. The Kier molecular flexibility index (Phi) is 5.47. The number of guanidine groups is 1. The molecule has 1 atom stereocenters. The van der Waals surface area contributed by atoms with Crippen molar-refractivity contribution in [3.63, 3.8) is 0 Å². The van der Waals surface area contributed by atoms with Crippen molar-refractivity contribution in [1.29, 1.82) is 10.5 Å². The summed E-state index contributed by atoms with van der Waals surface area (Å²) >= 11 is 0. The smallest absolute Gasteiger partial charge is 0.211 e. The molecule has 1 aliphatic heterocycles. The number of aliphatic imine (C=N–C) groups is 1. The number of pyridine rings is 1. The summed E-state index contributed by atoms with van der Waals surface area (Å²) in [6.45, 7) is 2.76. The average molecular weight is 376 g/mol. The molecule has 1 aliphatic rings. The second-order valence-electron chi connectivity index (χ2n) is 6.17. The second kappa shape index (κ2) is 8.14. The van der Waals surface area contributed by atoms with E-state index in [9.17, 15) is 5.26 Å². The minimum absolute atomic E-state index is 0.0166. The monoisotopic (exact) mass is 376 g/mol. The third-order valence-electron chi connectivity index (χ3n) is 4.32. The molecule has 2 aromatic rings. The average Bonchev–Trinajstić information content (AvgIpc) is 2.68.